The highest BCUT2D eigenvalue weighted by Crippen LogP contribution is 2.24. The number of carbonyl (C=O) groups is 1. The maximum Gasteiger partial charge on any atom is 0.243 e. The first kappa shape index (κ1) is 20.6. The summed E-state index contributed by atoms with van der Waals surface area (Å²) in [6, 6.07) is 10.7. The third kappa shape index (κ3) is 5.02. The second-order valence-electron chi connectivity index (χ2n) is 7.52. The molecule has 0 aliphatic carbocycles. The third-order valence-corrected chi connectivity index (χ3v) is 7.19. The number of aryl methyl sites for hydroxylation is 2. The van der Waals surface area contributed by atoms with Crippen LogP contribution in [-0.2, 0) is 21.2 Å². The Morgan fingerprint density at radius 3 is 2.50 bits per heavy atom. The van der Waals surface area contributed by atoms with Gasteiger partial charge >= 0.3 is 0 Å². The lowest BCUT2D eigenvalue weighted by Crippen LogP contribution is -2.44. The topological polar surface area (TPSA) is 79.6 Å². The van der Waals surface area contributed by atoms with Gasteiger partial charge in [-0.05, 0) is 57.4 Å². The standard InChI is InChI=1S/C21H28N2O4S/c1-16-5-9-20(10-6-16)28(25,26)23-13-11-18(12-14-23)21(24)22-17(2)7-8-19-4-3-15-27-19/h3-6,9-10,15,17-18H,7-8,11-14H2,1-2H3,(H,22,24). The zero-order chi connectivity index (χ0) is 20.1. The molecule has 0 bridgehead atoms. The molecule has 2 aromatic rings. The molecule has 7 heteroatoms. The van der Waals surface area contributed by atoms with Crippen molar-refractivity contribution in [2.45, 2.75) is 50.5 Å². The molecule has 3 rings (SSSR count). The van der Waals surface area contributed by atoms with E-state index < -0.39 is 10.0 Å². The van der Waals surface area contributed by atoms with E-state index in [1.165, 1.54) is 4.31 Å². The van der Waals surface area contributed by atoms with Crippen LogP contribution in [0.15, 0.2) is 52.0 Å². The highest BCUT2D eigenvalue weighted by molar-refractivity contribution is 7.89. The number of amides is 1. The normalized spacial score (nSPS) is 17.4. The predicted molar refractivity (Wildman–Crippen MR) is 107 cm³/mol. The molecular weight excluding hydrogens is 376 g/mol. The van der Waals surface area contributed by atoms with Crippen LogP contribution in [0.4, 0.5) is 0 Å². The van der Waals surface area contributed by atoms with Crippen LogP contribution in [0.5, 0.6) is 0 Å². The van der Waals surface area contributed by atoms with Gasteiger partial charge in [0.2, 0.25) is 15.9 Å². The van der Waals surface area contributed by atoms with E-state index in [9.17, 15) is 13.2 Å². The van der Waals surface area contributed by atoms with Gasteiger partial charge in [0, 0.05) is 31.5 Å². The highest BCUT2D eigenvalue weighted by atomic mass is 32.2. The van der Waals surface area contributed by atoms with E-state index in [2.05, 4.69) is 5.32 Å². The molecule has 1 fully saturated rings. The lowest BCUT2D eigenvalue weighted by molar-refractivity contribution is -0.126. The number of rotatable bonds is 7. The smallest absolute Gasteiger partial charge is 0.243 e. The third-order valence-electron chi connectivity index (χ3n) is 5.28. The van der Waals surface area contributed by atoms with Gasteiger partial charge in [0.15, 0.2) is 0 Å². The van der Waals surface area contributed by atoms with Gasteiger partial charge in [-0.25, -0.2) is 8.42 Å². The molecule has 1 aliphatic rings. The fourth-order valence-corrected chi connectivity index (χ4v) is 4.93. The van der Waals surface area contributed by atoms with E-state index in [0.29, 0.717) is 30.8 Å². The minimum absolute atomic E-state index is 0.0133. The van der Waals surface area contributed by atoms with Crippen molar-refractivity contribution < 1.29 is 17.6 Å². The number of carbonyl (C=O) groups excluding carboxylic acids is 1. The Balaban J connectivity index is 1.48. The molecule has 1 aromatic heterocycles. The molecule has 1 atom stereocenters. The maximum absolute atomic E-state index is 12.8. The van der Waals surface area contributed by atoms with E-state index in [1.54, 1.807) is 30.5 Å². The molecule has 0 spiro atoms. The van der Waals surface area contributed by atoms with Crippen LogP contribution < -0.4 is 5.32 Å². The lowest BCUT2D eigenvalue weighted by Gasteiger charge is -2.31. The average molecular weight is 405 g/mol. The summed E-state index contributed by atoms with van der Waals surface area (Å²) in [5, 5.41) is 3.05. The van der Waals surface area contributed by atoms with Gasteiger partial charge in [-0.2, -0.15) is 4.31 Å². The average Bonchev–Trinajstić information content (AvgIpc) is 3.20. The molecule has 1 aliphatic heterocycles. The molecular formula is C21H28N2O4S. The largest absolute Gasteiger partial charge is 0.469 e. The van der Waals surface area contributed by atoms with Gasteiger partial charge in [-0.1, -0.05) is 17.7 Å². The van der Waals surface area contributed by atoms with E-state index in [1.807, 2.05) is 26.0 Å². The Bertz CT molecular complexity index is 868. The number of piperidine rings is 1. The first-order chi connectivity index (χ1) is 13.4. The van der Waals surface area contributed by atoms with Crippen molar-refractivity contribution in [3.63, 3.8) is 0 Å². The van der Waals surface area contributed by atoms with Crippen LogP contribution in [-0.4, -0.2) is 37.8 Å². The summed E-state index contributed by atoms with van der Waals surface area (Å²) in [4.78, 5) is 12.8. The van der Waals surface area contributed by atoms with Crippen molar-refractivity contribution in [1.29, 1.82) is 0 Å². The van der Waals surface area contributed by atoms with E-state index in [4.69, 9.17) is 4.42 Å². The molecule has 6 nitrogen and oxygen atoms in total. The molecule has 152 valence electrons. The summed E-state index contributed by atoms with van der Waals surface area (Å²) in [5.41, 5.74) is 1.02. The number of nitrogens with one attached hydrogen (secondary N) is 1. The Labute approximate surface area is 167 Å². The van der Waals surface area contributed by atoms with Crippen LogP contribution in [0.25, 0.3) is 0 Å². The quantitative estimate of drug-likeness (QED) is 0.769. The summed E-state index contributed by atoms with van der Waals surface area (Å²) in [6.07, 6.45) is 4.32. The van der Waals surface area contributed by atoms with E-state index in [-0.39, 0.29) is 17.9 Å². The fraction of sp³-hybridized carbons (Fsp3) is 0.476. The van der Waals surface area contributed by atoms with Crippen molar-refractivity contribution >= 4 is 15.9 Å². The summed E-state index contributed by atoms with van der Waals surface area (Å²) in [5.74, 6) is 0.783. The first-order valence-corrected chi connectivity index (χ1v) is 11.2. The van der Waals surface area contributed by atoms with Crippen LogP contribution in [0.3, 0.4) is 0 Å². The zero-order valence-electron chi connectivity index (χ0n) is 16.4. The summed E-state index contributed by atoms with van der Waals surface area (Å²) in [7, 11) is -3.49. The second kappa shape index (κ2) is 8.92. The SMILES string of the molecule is Cc1ccc(S(=O)(=O)N2CCC(C(=O)NC(C)CCc3ccco3)CC2)cc1. The monoisotopic (exact) mass is 404 g/mol. The number of sulfonamides is 1. The molecule has 1 unspecified atom stereocenters. The number of hydrogen-bond donors (Lipinski definition) is 1. The molecule has 2 heterocycles. The van der Waals surface area contributed by atoms with Crippen molar-refractivity contribution in [1.82, 2.24) is 9.62 Å². The summed E-state index contributed by atoms with van der Waals surface area (Å²) < 4.78 is 32.3. The van der Waals surface area contributed by atoms with Gasteiger partial charge in [0.25, 0.3) is 0 Å². The van der Waals surface area contributed by atoms with Gasteiger partial charge < -0.3 is 9.73 Å². The maximum atomic E-state index is 12.8. The summed E-state index contributed by atoms with van der Waals surface area (Å²) in [6.45, 7) is 4.65. The molecule has 28 heavy (non-hydrogen) atoms. The minimum Gasteiger partial charge on any atom is -0.469 e. The molecule has 1 amide bonds. The van der Waals surface area contributed by atoms with Crippen LogP contribution in [0.2, 0.25) is 0 Å². The first-order valence-electron chi connectivity index (χ1n) is 9.76. The van der Waals surface area contributed by atoms with Gasteiger partial charge in [-0.3, -0.25) is 4.79 Å². The van der Waals surface area contributed by atoms with E-state index >= 15 is 0 Å². The minimum atomic E-state index is -3.49. The number of nitrogens with zero attached hydrogens (tertiary/aromatic N) is 1. The highest BCUT2D eigenvalue weighted by Gasteiger charge is 2.32. The van der Waals surface area contributed by atoms with Gasteiger partial charge in [0.1, 0.15) is 5.76 Å². The molecule has 1 N–H and O–H groups in total. The van der Waals surface area contributed by atoms with Gasteiger partial charge in [-0.15, -0.1) is 0 Å². The van der Waals surface area contributed by atoms with Crippen LogP contribution in [0, 0.1) is 12.8 Å². The lowest BCUT2D eigenvalue weighted by atomic mass is 9.96. The Morgan fingerprint density at radius 1 is 1.21 bits per heavy atom. The molecule has 1 saturated heterocycles. The second-order valence-corrected chi connectivity index (χ2v) is 9.46. The van der Waals surface area contributed by atoms with Crippen molar-refractivity contribution in [3.8, 4) is 0 Å². The predicted octanol–water partition coefficient (Wildman–Crippen LogP) is 3.13. The zero-order valence-corrected chi connectivity index (χ0v) is 17.2. The van der Waals surface area contributed by atoms with Gasteiger partial charge in [0.05, 0.1) is 11.2 Å². The van der Waals surface area contributed by atoms with Crippen molar-refractivity contribution in [2.24, 2.45) is 5.92 Å². The number of benzene rings is 1. The van der Waals surface area contributed by atoms with Crippen molar-refractivity contribution in [2.75, 3.05) is 13.1 Å². The van der Waals surface area contributed by atoms with Crippen molar-refractivity contribution in [3.05, 3.63) is 54.0 Å². The summed E-state index contributed by atoms with van der Waals surface area (Å²) >= 11 is 0. The number of furan rings is 1. The Kier molecular flexibility index (Phi) is 6.57. The molecule has 0 radical (unpaired) electrons. The Hall–Kier alpha value is -2.12. The number of hydrogen-bond acceptors (Lipinski definition) is 4. The fourth-order valence-electron chi connectivity index (χ4n) is 3.46. The molecule has 0 saturated carbocycles. The van der Waals surface area contributed by atoms with Crippen LogP contribution >= 0.6 is 0 Å². The molecule has 1 aromatic carbocycles. The van der Waals surface area contributed by atoms with E-state index in [0.717, 1.165) is 24.2 Å². The van der Waals surface area contributed by atoms with Crippen LogP contribution in [0.1, 0.15) is 37.5 Å². The Morgan fingerprint density at radius 2 is 1.89 bits per heavy atom.